The summed E-state index contributed by atoms with van der Waals surface area (Å²) in [5.41, 5.74) is 9.92. The average Bonchev–Trinajstić information content (AvgIpc) is 2.95. The summed E-state index contributed by atoms with van der Waals surface area (Å²) in [6.07, 6.45) is 3.91. The normalized spacial score (nSPS) is 21.4. The van der Waals surface area contributed by atoms with Crippen LogP contribution in [0.25, 0.3) is 0 Å². The van der Waals surface area contributed by atoms with E-state index in [1.165, 1.54) is 24.7 Å². The fourth-order valence-corrected chi connectivity index (χ4v) is 5.82. The highest BCUT2D eigenvalue weighted by Gasteiger charge is 2.53. The number of carbonyl (C=O) groups excluding carboxylic acids is 3. The highest BCUT2D eigenvalue weighted by Crippen LogP contribution is 2.61. The van der Waals surface area contributed by atoms with Gasteiger partial charge in [0, 0.05) is 28.9 Å². The zero-order valence-corrected chi connectivity index (χ0v) is 22.4. The molecular weight excluding hydrogens is 494 g/mol. The highest BCUT2D eigenvalue weighted by molar-refractivity contribution is 5.97. The van der Waals surface area contributed by atoms with Crippen LogP contribution in [0.5, 0.6) is 0 Å². The molecule has 206 valence electrons. The summed E-state index contributed by atoms with van der Waals surface area (Å²) in [6.45, 7) is 5.81. The molecule has 3 aliphatic rings. The maximum Gasteiger partial charge on any atom is 0.267 e. The molecule has 4 atom stereocenters. The van der Waals surface area contributed by atoms with Gasteiger partial charge in [-0.25, -0.2) is 5.48 Å². The summed E-state index contributed by atoms with van der Waals surface area (Å²) < 4.78 is 0. The molecule has 3 amide bonds. The van der Waals surface area contributed by atoms with Gasteiger partial charge in [-0.05, 0) is 97.5 Å². The molecule has 0 spiro atoms. The Morgan fingerprint density at radius 2 is 1.67 bits per heavy atom. The Kier molecular flexibility index (Phi) is 9.02. The number of hydrogen-bond acceptors (Lipinski definition) is 6. The van der Waals surface area contributed by atoms with Gasteiger partial charge in [0.15, 0.2) is 0 Å². The van der Waals surface area contributed by atoms with Crippen molar-refractivity contribution in [2.24, 2.45) is 28.9 Å². The number of fused-ring (bicyclic) bond motifs is 2. The molecular formula is C30H37N5O4. The zero-order chi connectivity index (χ0) is 28.0. The minimum absolute atomic E-state index is 0.0608. The van der Waals surface area contributed by atoms with E-state index >= 15 is 0 Å². The van der Waals surface area contributed by atoms with Gasteiger partial charge in [-0.2, -0.15) is 0 Å². The van der Waals surface area contributed by atoms with Crippen LogP contribution in [0.4, 0.5) is 5.69 Å². The van der Waals surface area contributed by atoms with Gasteiger partial charge in [0.2, 0.25) is 5.91 Å². The van der Waals surface area contributed by atoms with Gasteiger partial charge >= 0.3 is 0 Å². The topological polar surface area (TPSA) is 146 Å². The first-order valence-electron chi connectivity index (χ1n) is 13.4. The maximum atomic E-state index is 12.4. The molecule has 2 bridgehead atoms. The molecule has 3 fully saturated rings. The first kappa shape index (κ1) is 28.3. The fourth-order valence-electron chi connectivity index (χ4n) is 5.82. The molecule has 0 saturated heterocycles. The number of amides is 3. The van der Waals surface area contributed by atoms with Gasteiger partial charge in [-0.1, -0.05) is 25.7 Å². The molecule has 5 rings (SSSR count). The second kappa shape index (κ2) is 12.4. The number of anilines is 1. The smallest absolute Gasteiger partial charge is 0.267 e. The predicted octanol–water partition coefficient (Wildman–Crippen LogP) is 2.25. The van der Waals surface area contributed by atoms with Crippen molar-refractivity contribution in [1.82, 2.24) is 16.1 Å². The Hall–Kier alpha value is -3.71. The summed E-state index contributed by atoms with van der Waals surface area (Å²) in [4.78, 5) is 36.2. The number of hydrogen-bond donors (Lipinski definition) is 6. The lowest BCUT2D eigenvalue weighted by molar-refractivity contribution is -0.130. The van der Waals surface area contributed by atoms with Gasteiger partial charge in [-0.3, -0.25) is 19.6 Å². The highest BCUT2D eigenvalue weighted by atomic mass is 16.5. The molecule has 2 aromatic carbocycles. The summed E-state index contributed by atoms with van der Waals surface area (Å²) in [6, 6.07) is 12.9. The van der Waals surface area contributed by atoms with E-state index in [1.54, 1.807) is 24.3 Å². The average molecular weight is 532 g/mol. The molecule has 9 nitrogen and oxygen atoms in total. The van der Waals surface area contributed by atoms with Crippen molar-refractivity contribution in [1.29, 1.82) is 0 Å². The molecule has 0 heterocycles. The summed E-state index contributed by atoms with van der Waals surface area (Å²) in [5.74, 6) is 7.09. The van der Waals surface area contributed by atoms with E-state index in [0.717, 1.165) is 23.9 Å². The number of rotatable bonds is 9. The first-order chi connectivity index (χ1) is 18.7. The van der Waals surface area contributed by atoms with E-state index in [-0.39, 0.29) is 12.5 Å². The van der Waals surface area contributed by atoms with E-state index < -0.39 is 17.9 Å². The van der Waals surface area contributed by atoms with Crippen LogP contribution in [0.3, 0.4) is 0 Å². The van der Waals surface area contributed by atoms with Crippen LogP contribution in [0.1, 0.15) is 54.6 Å². The molecule has 0 radical (unpaired) electrons. The van der Waals surface area contributed by atoms with Gasteiger partial charge < -0.3 is 21.7 Å². The Balaban J connectivity index is 1.22. The van der Waals surface area contributed by atoms with Gasteiger partial charge in [-0.15, -0.1) is 0 Å². The first-order valence-corrected chi connectivity index (χ1v) is 13.4. The third-order valence-electron chi connectivity index (χ3n) is 8.33. The molecule has 39 heavy (non-hydrogen) atoms. The van der Waals surface area contributed by atoms with Crippen LogP contribution < -0.4 is 27.2 Å². The lowest BCUT2D eigenvalue weighted by atomic mass is 9.45. The zero-order valence-electron chi connectivity index (χ0n) is 22.4. The van der Waals surface area contributed by atoms with Gasteiger partial charge in [0.1, 0.15) is 6.04 Å². The molecule has 3 aliphatic carbocycles. The third kappa shape index (κ3) is 6.84. The number of benzene rings is 2. The summed E-state index contributed by atoms with van der Waals surface area (Å²) in [7, 11) is 0. The van der Waals surface area contributed by atoms with Crippen LogP contribution >= 0.6 is 0 Å². The van der Waals surface area contributed by atoms with Crippen molar-refractivity contribution in [3.8, 4) is 11.8 Å². The monoisotopic (exact) mass is 531 g/mol. The SMILES string of the molecule is CC1(C)C2CC[C@@H](CNCC(=O)Nc3ccc(C#Cc4ccc(C(=O)N[C@@H](CN)C(=O)NO)cc4)cc3)[C@@H]1C2. The molecule has 0 aromatic heterocycles. The minimum Gasteiger partial charge on any atom is -0.339 e. The molecule has 7 N–H and O–H groups in total. The summed E-state index contributed by atoms with van der Waals surface area (Å²) >= 11 is 0. The largest absolute Gasteiger partial charge is 0.339 e. The molecule has 9 heteroatoms. The Morgan fingerprint density at radius 3 is 2.23 bits per heavy atom. The Labute approximate surface area is 229 Å². The van der Waals surface area contributed by atoms with E-state index in [1.807, 2.05) is 24.3 Å². The number of nitrogens with one attached hydrogen (secondary N) is 4. The lowest BCUT2D eigenvalue weighted by Gasteiger charge is -2.60. The van der Waals surface area contributed by atoms with Gasteiger partial charge in [0.05, 0.1) is 6.54 Å². The quantitative estimate of drug-likeness (QED) is 0.166. The van der Waals surface area contributed by atoms with Crippen LogP contribution in [0.15, 0.2) is 48.5 Å². The maximum absolute atomic E-state index is 12.4. The van der Waals surface area contributed by atoms with Crippen molar-refractivity contribution in [3.05, 3.63) is 65.2 Å². The summed E-state index contributed by atoms with van der Waals surface area (Å²) in [5, 5.41) is 17.5. The van der Waals surface area contributed by atoms with Crippen molar-refractivity contribution < 1.29 is 19.6 Å². The lowest BCUT2D eigenvalue weighted by Crippen LogP contribution is -2.54. The minimum atomic E-state index is -1.04. The van der Waals surface area contributed by atoms with Crippen molar-refractivity contribution >= 4 is 23.4 Å². The van der Waals surface area contributed by atoms with Crippen molar-refractivity contribution in [3.63, 3.8) is 0 Å². The van der Waals surface area contributed by atoms with Crippen LogP contribution in [0.2, 0.25) is 0 Å². The second-order valence-electron chi connectivity index (χ2n) is 11.0. The van der Waals surface area contributed by atoms with Crippen molar-refractivity contribution in [2.45, 2.75) is 39.2 Å². The molecule has 1 unspecified atom stereocenters. The van der Waals surface area contributed by atoms with E-state index in [2.05, 4.69) is 41.6 Å². The molecule has 0 aliphatic heterocycles. The second-order valence-corrected chi connectivity index (χ2v) is 11.0. The molecule has 3 saturated carbocycles. The van der Waals surface area contributed by atoms with Crippen molar-refractivity contribution in [2.75, 3.05) is 25.0 Å². The van der Waals surface area contributed by atoms with E-state index in [4.69, 9.17) is 10.9 Å². The van der Waals surface area contributed by atoms with Crippen LogP contribution in [-0.2, 0) is 9.59 Å². The number of carbonyl (C=O) groups is 3. The van der Waals surface area contributed by atoms with E-state index in [0.29, 0.717) is 34.7 Å². The molecule has 2 aromatic rings. The standard InChI is InChI=1S/C30H37N5O4/c1-30(2)23-12-11-22(25(30)15-23)17-32-18-27(36)33-24-13-7-20(8-14-24)4-3-19-5-9-21(10-6-19)28(37)34-26(16-31)29(38)35-39/h5-10,13-14,22-23,25-26,32,39H,11-12,15-18,31H2,1-2H3,(H,33,36)(H,34,37)(H,35,38)/t22-,23?,25-,26-/m0/s1. The van der Waals surface area contributed by atoms with E-state index in [9.17, 15) is 14.4 Å². The van der Waals surface area contributed by atoms with Crippen LogP contribution in [0, 0.1) is 35.0 Å². The Morgan fingerprint density at radius 1 is 1.03 bits per heavy atom. The number of hydroxylamine groups is 1. The Bertz CT molecular complexity index is 1240. The third-order valence-corrected chi connectivity index (χ3v) is 8.33. The predicted molar refractivity (Wildman–Crippen MR) is 149 cm³/mol. The van der Waals surface area contributed by atoms with Crippen LogP contribution in [-0.4, -0.2) is 48.6 Å². The fraction of sp³-hybridized carbons (Fsp3) is 0.433. The van der Waals surface area contributed by atoms with Gasteiger partial charge in [0.25, 0.3) is 11.8 Å². The number of nitrogens with two attached hydrogens (primary N) is 1.